The van der Waals surface area contributed by atoms with Crippen LogP contribution in [-0.4, -0.2) is 12.6 Å². The molecule has 0 aromatic carbocycles. The summed E-state index contributed by atoms with van der Waals surface area (Å²) in [6, 6.07) is 0. The maximum absolute atomic E-state index is 12.1. The summed E-state index contributed by atoms with van der Waals surface area (Å²) in [5.41, 5.74) is 4.42. The van der Waals surface area contributed by atoms with E-state index in [4.69, 9.17) is 4.74 Å². The highest BCUT2D eigenvalue weighted by Gasteiger charge is 2.11. The highest BCUT2D eigenvalue weighted by molar-refractivity contribution is 5.89. The highest BCUT2D eigenvalue weighted by Crippen LogP contribution is 2.22. The number of esters is 1. The van der Waals surface area contributed by atoms with E-state index in [1.165, 1.54) is 36.8 Å². The first-order valence-corrected chi connectivity index (χ1v) is 8.87. The van der Waals surface area contributed by atoms with Gasteiger partial charge in [0.05, 0.1) is 6.61 Å². The molecule has 2 nitrogen and oxygen atoms in total. The fourth-order valence-electron chi connectivity index (χ4n) is 2.63. The molecule has 2 heteroatoms. The number of hydrogen-bond acceptors (Lipinski definition) is 2. The van der Waals surface area contributed by atoms with Crippen LogP contribution in [-0.2, 0) is 9.53 Å². The van der Waals surface area contributed by atoms with Crippen molar-refractivity contribution in [1.82, 2.24) is 0 Å². The molecule has 1 rings (SSSR count). The molecule has 0 spiro atoms. The Labute approximate surface area is 142 Å². The maximum atomic E-state index is 12.1. The molecule has 1 heterocycles. The van der Waals surface area contributed by atoms with Crippen molar-refractivity contribution < 1.29 is 9.53 Å². The normalized spacial score (nSPS) is 20.3. The summed E-state index contributed by atoms with van der Waals surface area (Å²) in [5, 5.41) is 0. The SMILES string of the molecule is CC1=C(C)C(C)=C(C)C(=O)OCCC=CC=CCCCCCC1. The molecule has 1 aliphatic heterocycles. The lowest BCUT2D eigenvalue weighted by Crippen LogP contribution is -2.09. The monoisotopic (exact) mass is 316 g/mol. The van der Waals surface area contributed by atoms with Gasteiger partial charge in [-0.05, 0) is 70.9 Å². The topological polar surface area (TPSA) is 26.3 Å². The number of carbonyl (C=O) groups is 1. The fraction of sp³-hybridized carbons (Fsp3) is 0.571. The predicted octanol–water partition coefficient (Wildman–Crippen LogP) is 6.06. The van der Waals surface area contributed by atoms with Crippen molar-refractivity contribution in [1.29, 1.82) is 0 Å². The molecule has 0 atom stereocenters. The van der Waals surface area contributed by atoms with Gasteiger partial charge in [0.2, 0.25) is 0 Å². The summed E-state index contributed by atoms with van der Waals surface area (Å²) in [5.74, 6) is -0.195. The van der Waals surface area contributed by atoms with E-state index < -0.39 is 0 Å². The van der Waals surface area contributed by atoms with Crippen LogP contribution in [0.2, 0.25) is 0 Å². The minimum absolute atomic E-state index is 0.195. The van der Waals surface area contributed by atoms with Gasteiger partial charge < -0.3 is 4.74 Å². The van der Waals surface area contributed by atoms with E-state index in [0.717, 1.165) is 30.4 Å². The van der Waals surface area contributed by atoms with Crippen LogP contribution in [0.25, 0.3) is 0 Å². The summed E-state index contributed by atoms with van der Waals surface area (Å²) in [7, 11) is 0. The summed E-state index contributed by atoms with van der Waals surface area (Å²) in [4.78, 5) is 12.1. The smallest absolute Gasteiger partial charge is 0.333 e. The standard InChI is InChI=1S/C21H32O2/c1-17-15-13-11-9-7-5-6-8-10-12-14-16-23-21(22)20(4)19(3)18(17)2/h6,8,10,12H,5,7,9,11,13-16H2,1-4H3. The Morgan fingerprint density at radius 2 is 1.43 bits per heavy atom. The van der Waals surface area contributed by atoms with Crippen LogP contribution in [0, 0.1) is 0 Å². The molecule has 0 amide bonds. The van der Waals surface area contributed by atoms with Crippen LogP contribution in [0.15, 0.2) is 46.6 Å². The van der Waals surface area contributed by atoms with E-state index in [2.05, 4.69) is 26.0 Å². The molecule has 0 unspecified atom stereocenters. The van der Waals surface area contributed by atoms with E-state index in [1.54, 1.807) is 0 Å². The van der Waals surface area contributed by atoms with Gasteiger partial charge in [-0.1, -0.05) is 42.7 Å². The molecule has 0 saturated carbocycles. The average Bonchev–Trinajstić information content (AvgIpc) is 2.55. The molecule has 1 aliphatic rings. The van der Waals surface area contributed by atoms with Crippen molar-refractivity contribution in [2.45, 2.75) is 72.6 Å². The third kappa shape index (κ3) is 7.49. The summed E-state index contributed by atoms with van der Waals surface area (Å²) < 4.78 is 5.36. The molecule has 0 radical (unpaired) electrons. The van der Waals surface area contributed by atoms with Gasteiger partial charge >= 0.3 is 5.97 Å². The first-order valence-electron chi connectivity index (χ1n) is 8.87. The third-order valence-electron chi connectivity index (χ3n) is 4.64. The third-order valence-corrected chi connectivity index (χ3v) is 4.64. The molecule has 0 bridgehead atoms. The second kappa shape index (κ2) is 11.0. The minimum atomic E-state index is -0.195. The number of hydrogen-bond donors (Lipinski definition) is 0. The Morgan fingerprint density at radius 1 is 0.783 bits per heavy atom. The number of carbonyl (C=O) groups excluding carboxylic acids is 1. The molecule has 0 saturated heterocycles. The molecule has 0 N–H and O–H groups in total. The van der Waals surface area contributed by atoms with E-state index >= 15 is 0 Å². The fourth-order valence-corrected chi connectivity index (χ4v) is 2.63. The summed E-state index contributed by atoms with van der Waals surface area (Å²) in [6.07, 6.45) is 16.5. The lowest BCUT2D eigenvalue weighted by Gasteiger charge is -2.12. The van der Waals surface area contributed by atoms with Crippen molar-refractivity contribution in [3.8, 4) is 0 Å². The minimum Gasteiger partial charge on any atom is -0.462 e. The van der Waals surface area contributed by atoms with E-state index in [-0.39, 0.29) is 5.97 Å². The van der Waals surface area contributed by atoms with Gasteiger partial charge in [-0.15, -0.1) is 0 Å². The van der Waals surface area contributed by atoms with Gasteiger partial charge in [0, 0.05) is 5.57 Å². The Kier molecular flexibility index (Phi) is 9.35. The van der Waals surface area contributed by atoms with Crippen LogP contribution in [0.3, 0.4) is 0 Å². The lowest BCUT2D eigenvalue weighted by molar-refractivity contribution is -0.138. The van der Waals surface area contributed by atoms with Gasteiger partial charge in [-0.3, -0.25) is 0 Å². The van der Waals surface area contributed by atoms with Gasteiger partial charge in [0.1, 0.15) is 0 Å². The van der Waals surface area contributed by atoms with Crippen molar-refractivity contribution in [3.63, 3.8) is 0 Å². The largest absolute Gasteiger partial charge is 0.462 e. The number of cyclic esters (lactones) is 1. The Bertz CT molecular complexity index is 504. The number of rotatable bonds is 0. The molecule has 0 fully saturated rings. The molecular formula is C21H32O2. The van der Waals surface area contributed by atoms with Crippen molar-refractivity contribution >= 4 is 5.97 Å². The Hall–Kier alpha value is -1.57. The quantitative estimate of drug-likeness (QED) is 0.508. The predicted molar refractivity (Wildman–Crippen MR) is 98.3 cm³/mol. The van der Waals surface area contributed by atoms with Crippen molar-refractivity contribution in [3.05, 3.63) is 46.6 Å². The summed E-state index contributed by atoms with van der Waals surface area (Å²) >= 11 is 0. The zero-order valence-electron chi connectivity index (χ0n) is 15.3. The molecule has 0 aromatic heterocycles. The average molecular weight is 316 g/mol. The van der Waals surface area contributed by atoms with E-state index in [0.29, 0.717) is 6.61 Å². The summed E-state index contributed by atoms with van der Waals surface area (Å²) in [6.45, 7) is 8.63. The van der Waals surface area contributed by atoms with Gasteiger partial charge in [0.25, 0.3) is 0 Å². The first-order chi connectivity index (χ1) is 11.0. The van der Waals surface area contributed by atoms with Crippen molar-refractivity contribution in [2.24, 2.45) is 0 Å². The Morgan fingerprint density at radius 3 is 2.17 bits per heavy atom. The van der Waals surface area contributed by atoms with E-state index in [1.807, 2.05) is 26.0 Å². The number of allylic oxidation sites excluding steroid dienone is 6. The molecule has 23 heavy (non-hydrogen) atoms. The van der Waals surface area contributed by atoms with Crippen LogP contribution >= 0.6 is 0 Å². The lowest BCUT2D eigenvalue weighted by atomic mass is 9.96. The van der Waals surface area contributed by atoms with Crippen molar-refractivity contribution in [2.75, 3.05) is 6.61 Å². The highest BCUT2D eigenvalue weighted by atomic mass is 16.5. The zero-order chi connectivity index (χ0) is 17.1. The van der Waals surface area contributed by atoms with E-state index in [9.17, 15) is 4.79 Å². The zero-order valence-corrected chi connectivity index (χ0v) is 15.3. The Balaban J connectivity index is 2.81. The van der Waals surface area contributed by atoms with Crippen LogP contribution < -0.4 is 0 Å². The van der Waals surface area contributed by atoms with Crippen LogP contribution in [0.4, 0.5) is 0 Å². The molecule has 128 valence electrons. The molecule has 0 aromatic rings. The maximum Gasteiger partial charge on any atom is 0.333 e. The molecular weight excluding hydrogens is 284 g/mol. The second-order valence-electron chi connectivity index (χ2n) is 6.39. The number of ether oxygens (including phenoxy) is 1. The second-order valence-corrected chi connectivity index (χ2v) is 6.39. The van der Waals surface area contributed by atoms with Gasteiger partial charge in [0.15, 0.2) is 0 Å². The van der Waals surface area contributed by atoms with Gasteiger partial charge in [-0.25, -0.2) is 4.79 Å². The van der Waals surface area contributed by atoms with Gasteiger partial charge in [-0.2, -0.15) is 0 Å². The van der Waals surface area contributed by atoms with Crippen LogP contribution in [0.1, 0.15) is 72.6 Å². The van der Waals surface area contributed by atoms with Crippen LogP contribution in [0.5, 0.6) is 0 Å². The molecule has 0 aliphatic carbocycles. The first kappa shape index (κ1) is 19.5.